The minimum absolute atomic E-state index is 0.110. The molecule has 0 aliphatic rings. The van der Waals surface area contributed by atoms with Gasteiger partial charge in [0, 0.05) is 18.6 Å². The van der Waals surface area contributed by atoms with Gasteiger partial charge in [0.15, 0.2) is 18.2 Å². The normalized spacial score (nSPS) is 10.3. The molecule has 1 N–H and O–H groups in total. The summed E-state index contributed by atoms with van der Waals surface area (Å²) in [4.78, 5) is 13.9. The lowest BCUT2D eigenvalue weighted by Crippen LogP contribution is -2.22. The average molecular weight is 349 g/mol. The highest BCUT2D eigenvalue weighted by atomic mass is 35.5. The van der Waals surface area contributed by atoms with E-state index in [1.807, 2.05) is 18.0 Å². The van der Waals surface area contributed by atoms with Crippen LogP contribution in [0.15, 0.2) is 36.4 Å². The molecule has 1 aromatic heterocycles. The van der Waals surface area contributed by atoms with Gasteiger partial charge in [-0.25, -0.2) is 0 Å². The molecule has 6 nitrogen and oxygen atoms in total. The third-order valence-corrected chi connectivity index (χ3v) is 3.59. The van der Waals surface area contributed by atoms with E-state index in [4.69, 9.17) is 16.3 Å². The molecule has 1 amide bonds. The summed E-state index contributed by atoms with van der Waals surface area (Å²) in [7, 11) is 1.97. The molecular formula is C17H21ClN4O2. The minimum atomic E-state index is -0.300. The number of aromatic nitrogens is 2. The van der Waals surface area contributed by atoms with E-state index in [0.717, 1.165) is 25.2 Å². The van der Waals surface area contributed by atoms with Crippen LogP contribution in [0.25, 0.3) is 0 Å². The van der Waals surface area contributed by atoms with Crippen molar-refractivity contribution in [2.45, 2.75) is 19.8 Å². The smallest absolute Gasteiger partial charge is 0.263 e. The highest BCUT2D eigenvalue weighted by molar-refractivity contribution is 6.30. The zero-order valence-corrected chi connectivity index (χ0v) is 14.6. The Hall–Kier alpha value is -2.34. The number of rotatable bonds is 8. The number of ether oxygens (including phenoxy) is 1. The molecule has 0 unspecified atom stereocenters. The minimum Gasteiger partial charge on any atom is -0.484 e. The third-order valence-electron chi connectivity index (χ3n) is 3.34. The second kappa shape index (κ2) is 9.08. The van der Waals surface area contributed by atoms with Gasteiger partial charge >= 0.3 is 0 Å². The van der Waals surface area contributed by atoms with Gasteiger partial charge in [-0.2, -0.15) is 0 Å². The molecular weight excluding hydrogens is 328 g/mol. The molecule has 0 saturated heterocycles. The Labute approximate surface area is 146 Å². The lowest BCUT2D eigenvalue weighted by molar-refractivity contribution is -0.118. The first-order chi connectivity index (χ1) is 11.6. The molecule has 24 heavy (non-hydrogen) atoms. The topological polar surface area (TPSA) is 67.4 Å². The molecule has 0 radical (unpaired) electrons. The van der Waals surface area contributed by atoms with Crippen molar-refractivity contribution in [1.29, 1.82) is 0 Å². The van der Waals surface area contributed by atoms with Crippen molar-refractivity contribution < 1.29 is 9.53 Å². The maximum atomic E-state index is 11.9. The molecule has 0 bridgehead atoms. The largest absolute Gasteiger partial charge is 0.484 e. The third kappa shape index (κ3) is 5.70. The molecule has 0 fully saturated rings. The fourth-order valence-electron chi connectivity index (χ4n) is 1.96. The summed E-state index contributed by atoms with van der Waals surface area (Å²) < 4.78 is 5.37. The van der Waals surface area contributed by atoms with Gasteiger partial charge in [-0.3, -0.25) is 4.79 Å². The van der Waals surface area contributed by atoms with Crippen LogP contribution in [0.5, 0.6) is 5.75 Å². The van der Waals surface area contributed by atoms with Gasteiger partial charge in [0.1, 0.15) is 5.75 Å². The molecule has 7 heteroatoms. The number of nitrogens with zero attached hydrogens (tertiary/aromatic N) is 3. The van der Waals surface area contributed by atoms with Crippen LogP contribution in [0.1, 0.15) is 19.8 Å². The van der Waals surface area contributed by atoms with Gasteiger partial charge < -0.3 is 15.0 Å². The number of nitrogens with one attached hydrogen (secondary N) is 1. The highest BCUT2D eigenvalue weighted by Crippen LogP contribution is 2.15. The number of hydrogen-bond acceptors (Lipinski definition) is 5. The Balaban J connectivity index is 1.82. The van der Waals surface area contributed by atoms with Crippen LogP contribution in [0, 0.1) is 0 Å². The van der Waals surface area contributed by atoms with Crippen LogP contribution in [-0.2, 0) is 4.79 Å². The molecule has 0 atom stereocenters. The molecule has 1 heterocycles. The van der Waals surface area contributed by atoms with E-state index in [9.17, 15) is 4.79 Å². The fourth-order valence-corrected chi connectivity index (χ4v) is 2.09. The van der Waals surface area contributed by atoms with Crippen LogP contribution in [-0.4, -0.2) is 36.3 Å². The molecule has 1 aromatic carbocycles. The number of carbonyl (C=O) groups is 1. The van der Waals surface area contributed by atoms with E-state index in [-0.39, 0.29) is 12.5 Å². The van der Waals surface area contributed by atoms with E-state index >= 15 is 0 Å². The monoisotopic (exact) mass is 348 g/mol. The molecule has 0 spiro atoms. The Morgan fingerprint density at radius 1 is 1.21 bits per heavy atom. The van der Waals surface area contributed by atoms with E-state index in [1.165, 1.54) is 0 Å². The quantitative estimate of drug-likeness (QED) is 0.792. The van der Waals surface area contributed by atoms with Crippen molar-refractivity contribution >= 4 is 29.1 Å². The van der Waals surface area contributed by atoms with E-state index in [1.54, 1.807) is 30.3 Å². The predicted octanol–water partition coefficient (Wildman–Crippen LogP) is 3.38. The molecule has 0 saturated carbocycles. The summed E-state index contributed by atoms with van der Waals surface area (Å²) in [6.45, 7) is 2.96. The first-order valence-electron chi connectivity index (χ1n) is 7.81. The van der Waals surface area contributed by atoms with E-state index in [2.05, 4.69) is 22.4 Å². The highest BCUT2D eigenvalue weighted by Gasteiger charge is 2.07. The molecule has 2 rings (SSSR count). The number of carbonyl (C=O) groups excluding carboxylic acids is 1. The van der Waals surface area contributed by atoms with E-state index < -0.39 is 0 Å². The van der Waals surface area contributed by atoms with Gasteiger partial charge in [0.2, 0.25) is 0 Å². The Bertz CT molecular complexity index is 647. The summed E-state index contributed by atoms with van der Waals surface area (Å²) >= 11 is 5.79. The van der Waals surface area contributed by atoms with Crippen molar-refractivity contribution in [3.63, 3.8) is 0 Å². The van der Waals surface area contributed by atoms with Crippen LogP contribution in [0.4, 0.5) is 11.6 Å². The van der Waals surface area contributed by atoms with Gasteiger partial charge in [-0.1, -0.05) is 24.9 Å². The zero-order valence-electron chi connectivity index (χ0n) is 13.8. The van der Waals surface area contributed by atoms with Crippen LogP contribution < -0.4 is 15.0 Å². The number of hydrogen-bond donors (Lipinski definition) is 1. The first-order valence-corrected chi connectivity index (χ1v) is 8.19. The number of unbranched alkanes of at least 4 members (excludes halogenated alkanes) is 1. The zero-order chi connectivity index (χ0) is 17.4. The lowest BCUT2D eigenvalue weighted by Gasteiger charge is -2.17. The van der Waals surface area contributed by atoms with Crippen molar-refractivity contribution in [3.8, 4) is 5.75 Å². The van der Waals surface area contributed by atoms with Gasteiger partial charge in [0.05, 0.1) is 0 Å². The van der Waals surface area contributed by atoms with Crippen LogP contribution in [0.3, 0.4) is 0 Å². The van der Waals surface area contributed by atoms with Crippen molar-refractivity contribution in [1.82, 2.24) is 10.2 Å². The Morgan fingerprint density at radius 3 is 2.58 bits per heavy atom. The average Bonchev–Trinajstić information content (AvgIpc) is 2.60. The van der Waals surface area contributed by atoms with Gasteiger partial charge in [-0.05, 0) is 42.8 Å². The van der Waals surface area contributed by atoms with Crippen LogP contribution in [0.2, 0.25) is 5.02 Å². The van der Waals surface area contributed by atoms with Crippen molar-refractivity contribution in [2.75, 3.05) is 30.4 Å². The number of benzene rings is 1. The van der Waals surface area contributed by atoms with Gasteiger partial charge in [0.25, 0.3) is 5.91 Å². The summed E-state index contributed by atoms with van der Waals surface area (Å²) in [5.74, 6) is 1.45. The van der Waals surface area contributed by atoms with Crippen molar-refractivity contribution in [2.24, 2.45) is 0 Å². The first kappa shape index (κ1) is 18.0. The number of amides is 1. The van der Waals surface area contributed by atoms with E-state index in [0.29, 0.717) is 16.6 Å². The standard InChI is InChI=1S/C17H21ClN4O2/c1-3-4-11-22(2)16-10-9-15(20-21-16)19-17(23)12-24-14-7-5-13(18)6-8-14/h5-10H,3-4,11-12H2,1-2H3,(H,19,20,23). The molecule has 2 aromatic rings. The molecule has 0 aliphatic carbocycles. The predicted molar refractivity (Wildman–Crippen MR) is 95.8 cm³/mol. The summed E-state index contributed by atoms with van der Waals surface area (Å²) in [6.07, 6.45) is 2.22. The van der Waals surface area contributed by atoms with Crippen molar-refractivity contribution in [3.05, 3.63) is 41.4 Å². The Kier molecular flexibility index (Phi) is 6.81. The summed E-state index contributed by atoms with van der Waals surface area (Å²) in [5.41, 5.74) is 0. The lowest BCUT2D eigenvalue weighted by atomic mass is 10.3. The summed E-state index contributed by atoms with van der Waals surface area (Å²) in [6, 6.07) is 10.4. The Morgan fingerprint density at radius 2 is 1.96 bits per heavy atom. The maximum absolute atomic E-state index is 11.9. The molecule has 0 aliphatic heterocycles. The number of halogens is 1. The maximum Gasteiger partial charge on any atom is 0.263 e. The van der Waals surface area contributed by atoms with Gasteiger partial charge in [-0.15, -0.1) is 10.2 Å². The molecule has 128 valence electrons. The van der Waals surface area contributed by atoms with Crippen LogP contribution >= 0.6 is 11.6 Å². The fraction of sp³-hybridized carbons (Fsp3) is 0.353. The SMILES string of the molecule is CCCCN(C)c1ccc(NC(=O)COc2ccc(Cl)cc2)nn1. The second-order valence-electron chi connectivity index (χ2n) is 5.34. The number of anilines is 2. The second-order valence-corrected chi connectivity index (χ2v) is 5.78. The summed E-state index contributed by atoms with van der Waals surface area (Å²) in [5, 5.41) is 11.4.